The molecule has 0 radical (unpaired) electrons. The number of benzene rings is 2. The molecule has 1 N–H and O–H groups in total. The third-order valence-corrected chi connectivity index (χ3v) is 4.03. The Morgan fingerprint density at radius 1 is 1.00 bits per heavy atom. The Labute approximate surface area is 160 Å². The topological polar surface area (TPSA) is 61.9 Å². The van der Waals surface area contributed by atoms with Crippen molar-refractivity contribution >= 4 is 11.8 Å². The monoisotopic (exact) mass is 369 g/mol. The number of amides is 2. The van der Waals surface area contributed by atoms with E-state index in [-0.39, 0.29) is 18.4 Å². The lowest BCUT2D eigenvalue weighted by atomic mass is 10.2. The van der Waals surface area contributed by atoms with Crippen LogP contribution in [0.25, 0.3) is 0 Å². The second-order valence-electron chi connectivity index (χ2n) is 6.58. The van der Waals surface area contributed by atoms with Gasteiger partial charge in [-0.1, -0.05) is 36.4 Å². The minimum atomic E-state index is -0.160. The van der Waals surface area contributed by atoms with Gasteiger partial charge in [-0.3, -0.25) is 9.59 Å². The van der Waals surface area contributed by atoms with Crippen LogP contribution in [0.1, 0.15) is 15.9 Å². The van der Waals surface area contributed by atoms with Crippen LogP contribution in [0.2, 0.25) is 0 Å². The summed E-state index contributed by atoms with van der Waals surface area (Å²) < 4.78 is 5.45. The molecular weight excluding hydrogens is 342 g/mol. The van der Waals surface area contributed by atoms with E-state index >= 15 is 0 Å². The lowest BCUT2D eigenvalue weighted by molar-refractivity contribution is -0.130. The Morgan fingerprint density at radius 3 is 2.44 bits per heavy atom. The second-order valence-corrected chi connectivity index (χ2v) is 6.58. The highest BCUT2D eigenvalue weighted by molar-refractivity contribution is 5.94. The van der Waals surface area contributed by atoms with Crippen LogP contribution in [0, 0.1) is 0 Å². The maximum atomic E-state index is 12.3. The third kappa shape index (κ3) is 7.11. The quantitative estimate of drug-likeness (QED) is 0.735. The minimum absolute atomic E-state index is 0.0532. The van der Waals surface area contributed by atoms with E-state index in [1.54, 1.807) is 38.4 Å². The molecule has 2 aromatic carbocycles. The van der Waals surface area contributed by atoms with Crippen molar-refractivity contribution in [2.24, 2.45) is 0 Å². The van der Waals surface area contributed by atoms with Crippen molar-refractivity contribution in [3.8, 4) is 5.75 Å². The molecule has 0 aliphatic carbocycles. The molecule has 0 atom stereocenters. The van der Waals surface area contributed by atoms with Crippen LogP contribution in [0.4, 0.5) is 0 Å². The predicted octanol–water partition coefficient (Wildman–Crippen LogP) is 2.02. The van der Waals surface area contributed by atoms with Gasteiger partial charge in [0.25, 0.3) is 11.8 Å². The van der Waals surface area contributed by atoms with E-state index in [2.05, 4.69) is 22.3 Å². The average molecular weight is 369 g/mol. The van der Waals surface area contributed by atoms with E-state index in [4.69, 9.17) is 4.74 Å². The van der Waals surface area contributed by atoms with Gasteiger partial charge in [-0.2, -0.15) is 0 Å². The first-order valence-electron chi connectivity index (χ1n) is 8.89. The average Bonchev–Trinajstić information content (AvgIpc) is 2.67. The predicted molar refractivity (Wildman–Crippen MR) is 106 cm³/mol. The van der Waals surface area contributed by atoms with Gasteiger partial charge in [0.15, 0.2) is 6.61 Å². The van der Waals surface area contributed by atoms with Crippen molar-refractivity contribution < 1.29 is 14.3 Å². The number of hydrogen-bond donors (Lipinski definition) is 1. The maximum Gasteiger partial charge on any atom is 0.259 e. The Kier molecular flexibility index (Phi) is 7.82. The maximum absolute atomic E-state index is 12.3. The molecule has 6 nitrogen and oxygen atoms in total. The van der Waals surface area contributed by atoms with Crippen LogP contribution in [-0.4, -0.2) is 62.5 Å². The van der Waals surface area contributed by atoms with Crippen LogP contribution in [0.3, 0.4) is 0 Å². The van der Waals surface area contributed by atoms with Gasteiger partial charge in [0, 0.05) is 39.3 Å². The highest BCUT2D eigenvalue weighted by Crippen LogP contribution is 2.13. The summed E-state index contributed by atoms with van der Waals surface area (Å²) in [5.41, 5.74) is 1.75. The zero-order valence-corrected chi connectivity index (χ0v) is 16.1. The molecule has 0 bridgehead atoms. The number of ether oxygens (including phenoxy) is 1. The number of nitrogens with zero attached hydrogens (tertiary/aromatic N) is 2. The molecule has 0 spiro atoms. The molecule has 0 aliphatic rings. The summed E-state index contributed by atoms with van der Waals surface area (Å²) in [5, 5.41) is 2.91. The van der Waals surface area contributed by atoms with Gasteiger partial charge in [-0.15, -0.1) is 0 Å². The molecule has 0 fully saturated rings. The first-order valence-corrected chi connectivity index (χ1v) is 8.89. The lowest BCUT2D eigenvalue weighted by Crippen LogP contribution is -2.32. The number of nitrogens with one attached hydrogen (secondary N) is 1. The van der Waals surface area contributed by atoms with Crippen LogP contribution >= 0.6 is 0 Å². The first kappa shape index (κ1) is 20.5. The SMILES string of the molecule is CN(CCNC(=O)c1cccc(OCC(=O)N(C)C)c1)Cc1ccccc1. The molecule has 0 saturated heterocycles. The molecule has 0 aromatic heterocycles. The van der Waals surface area contributed by atoms with Gasteiger partial charge >= 0.3 is 0 Å². The van der Waals surface area contributed by atoms with Gasteiger partial charge in [-0.05, 0) is 30.8 Å². The van der Waals surface area contributed by atoms with E-state index < -0.39 is 0 Å². The third-order valence-electron chi connectivity index (χ3n) is 4.03. The van der Waals surface area contributed by atoms with Crippen molar-refractivity contribution in [1.82, 2.24) is 15.1 Å². The van der Waals surface area contributed by atoms with E-state index in [9.17, 15) is 9.59 Å². The summed E-state index contributed by atoms with van der Waals surface area (Å²) in [6.07, 6.45) is 0. The van der Waals surface area contributed by atoms with Crippen LogP contribution < -0.4 is 10.1 Å². The van der Waals surface area contributed by atoms with Gasteiger partial charge in [0.2, 0.25) is 0 Å². The standard InChI is InChI=1S/C21H27N3O3/c1-23(2)20(25)16-27-19-11-7-10-18(14-19)21(26)22-12-13-24(3)15-17-8-5-4-6-9-17/h4-11,14H,12-13,15-16H2,1-3H3,(H,22,26). The van der Waals surface area contributed by atoms with Gasteiger partial charge in [-0.25, -0.2) is 0 Å². The van der Waals surface area contributed by atoms with E-state index in [0.717, 1.165) is 13.1 Å². The van der Waals surface area contributed by atoms with Gasteiger partial charge < -0.3 is 19.9 Å². The van der Waals surface area contributed by atoms with Gasteiger partial charge in [0.05, 0.1) is 0 Å². The van der Waals surface area contributed by atoms with Crippen LogP contribution in [0.5, 0.6) is 5.75 Å². The summed E-state index contributed by atoms with van der Waals surface area (Å²) >= 11 is 0. The summed E-state index contributed by atoms with van der Waals surface area (Å²) in [4.78, 5) is 27.5. The highest BCUT2D eigenvalue weighted by Gasteiger charge is 2.09. The molecule has 2 rings (SSSR count). The Bertz CT molecular complexity index is 747. The van der Waals surface area contributed by atoms with Crippen molar-refractivity contribution in [3.05, 3.63) is 65.7 Å². The Balaban J connectivity index is 1.78. The fraction of sp³-hybridized carbons (Fsp3) is 0.333. The molecule has 0 saturated carbocycles. The van der Waals surface area contributed by atoms with Crippen molar-refractivity contribution in [1.29, 1.82) is 0 Å². The first-order chi connectivity index (χ1) is 13.0. The van der Waals surface area contributed by atoms with Crippen molar-refractivity contribution in [2.45, 2.75) is 6.54 Å². The minimum Gasteiger partial charge on any atom is -0.484 e. The summed E-state index contributed by atoms with van der Waals surface area (Å²) in [6, 6.07) is 17.0. The number of hydrogen-bond acceptors (Lipinski definition) is 4. The molecule has 2 aromatic rings. The highest BCUT2D eigenvalue weighted by atomic mass is 16.5. The van der Waals surface area contributed by atoms with E-state index in [1.807, 2.05) is 25.2 Å². The second kappa shape index (κ2) is 10.3. The van der Waals surface area contributed by atoms with Crippen LogP contribution in [0.15, 0.2) is 54.6 Å². The zero-order valence-electron chi connectivity index (χ0n) is 16.1. The molecule has 2 amide bonds. The summed E-state index contributed by atoms with van der Waals surface area (Å²) in [6.45, 7) is 2.07. The fourth-order valence-corrected chi connectivity index (χ4v) is 2.44. The van der Waals surface area contributed by atoms with Crippen molar-refractivity contribution in [2.75, 3.05) is 40.8 Å². The molecule has 0 unspecified atom stereocenters. The Morgan fingerprint density at radius 2 is 1.74 bits per heavy atom. The smallest absolute Gasteiger partial charge is 0.259 e. The lowest BCUT2D eigenvalue weighted by Gasteiger charge is -2.17. The Hall–Kier alpha value is -2.86. The fourth-order valence-electron chi connectivity index (χ4n) is 2.44. The summed E-state index contributed by atoms with van der Waals surface area (Å²) in [5.74, 6) is 0.206. The number of carbonyl (C=O) groups is 2. The normalized spacial score (nSPS) is 10.5. The van der Waals surface area contributed by atoms with E-state index in [0.29, 0.717) is 17.9 Å². The molecule has 6 heteroatoms. The van der Waals surface area contributed by atoms with Crippen LogP contribution in [-0.2, 0) is 11.3 Å². The number of rotatable bonds is 9. The molecule has 144 valence electrons. The largest absolute Gasteiger partial charge is 0.484 e. The molecular formula is C21H27N3O3. The molecule has 0 heterocycles. The zero-order chi connectivity index (χ0) is 19.6. The van der Waals surface area contributed by atoms with E-state index in [1.165, 1.54) is 10.5 Å². The van der Waals surface area contributed by atoms with Crippen molar-refractivity contribution in [3.63, 3.8) is 0 Å². The van der Waals surface area contributed by atoms with Gasteiger partial charge in [0.1, 0.15) is 5.75 Å². The molecule has 0 aliphatic heterocycles. The number of carbonyl (C=O) groups excluding carboxylic acids is 2. The number of likely N-dealkylation sites (N-methyl/N-ethyl adjacent to an activating group) is 2. The molecule has 27 heavy (non-hydrogen) atoms. The summed E-state index contributed by atoms with van der Waals surface area (Å²) in [7, 11) is 5.37.